The number of nitrogens with zero attached hydrogens (tertiary/aromatic N) is 1. The van der Waals surface area contributed by atoms with Gasteiger partial charge in [-0.25, -0.2) is 8.42 Å². The zero-order valence-corrected chi connectivity index (χ0v) is 24.9. The largest absolute Gasteiger partial charge is 0.377 e. The van der Waals surface area contributed by atoms with Crippen molar-refractivity contribution in [2.24, 2.45) is 0 Å². The van der Waals surface area contributed by atoms with Gasteiger partial charge in [-0.05, 0) is 37.1 Å². The van der Waals surface area contributed by atoms with E-state index in [9.17, 15) is 13.2 Å². The van der Waals surface area contributed by atoms with Crippen molar-refractivity contribution in [2.45, 2.75) is 24.3 Å². The molecule has 1 saturated heterocycles. The molecule has 42 heavy (non-hydrogen) atoms. The second-order valence-electron chi connectivity index (χ2n) is 9.94. The zero-order chi connectivity index (χ0) is 29.6. The molecule has 0 spiro atoms. The quantitative estimate of drug-likeness (QED) is 0.439. The number of carbonyl (C=O) groups is 1. The Bertz CT molecular complexity index is 1330. The number of hydrogen-bond acceptors (Lipinski definition) is 8. The Kier molecular flexibility index (Phi) is 12.8. The third kappa shape index (κ3) is 9.87. The van der Waals surface area contributed by atoms with Gasteiger partial charge < -0.3 is 33.6 Å². The molecule has 4 rings (SSSR count). The molecule has 2 aromatic carbocycles. The first-order chi connectivity index (χ1) is 20.4. The molecule has 0 radical (unpaired) electrons. The van der Waals surface area contributed by atoms with Gasteiger partial charge in [0.05, 0.1) is 71.0 Å². The van der Waals surface area contributed by atoms with Crippen molar-refractivity contribution in [3.63, 3.8) is 0 Å². The van der Waals surface area contributed by atoms with Crippen LogP contribution in [0.4, 0.5) is 0 Å². The number of carbonyl (C=O) groups excluding carboxylic acids is 1. The lowest BCUT2D eigenvalue weighted by molar-refractivity contribution is -0.134. The lowest BCUT2D eigenvalue weighted by Crippen LogP contribution is -2.51. The van der Waals surface area contributed by atoms with E-state index in [0.29, 0.717) is 52.9 Å². The number of rotatable bonds is 6. The average Bonchev–Trinajstić information content (AvgIpc) is 3.39. The van der Waals surface area contributed by atoms with Crippen LogP contribution in [0.2, 0.25) is 0 Å². The zero-order valence-electron chi connectivity index (χ0n) is 24.1. The van der Waals surface area contributed by atoms with Crippen LogP contribution >= 0.6 is 0 Å². The molecule has 0 unspecified atom stereocenters. The number of H-pyrrole nitrogens is 1. The molecule has 11 nitrogen and oxygen atoms in total. The number of amides is 1. The number of aryl methyl sites for hydroxylation is 1. The van der Waals surface area contributed by atoms with Crippen molar-refractivity contribution in [1.29, 1.82) is 0 Å². The molecule has 1 aliphatic rings. The van der Waals surface area contributed by atoms with Crippen LogP contribution in [-0.4, -0.2) is 109 Å². The van der Waals surface area contributed by atoms with Crippen molar-refractivity contribution < 1.29 is 36.9 Å². The second-order valence-corrected chi connectivity index (χ2v) is 11.7. The van der Waals surface area contributed by atoms with E-state index in [2.05, 4.69) is 9.71 Å². The van der Waals surface area contributed by atoms with Gasteiger partial charge >= 0.3 is 0 Å². The van der Waals surface area contributed by atoms with Crippen LogP contribution in [0.5, 0.6) is 0 Å². The maximum Gasteiger partial charge on any atom is 0.241 e. The fourth-order valence-electron chi connectivity index (χ4n) is 4.56. The topological polar surface area (TPSA) is 128 Å². The minimum atomic E-state index is -3.99. The van der Waals surface area contributed by atoms with E-state index in [1.165, 1.54) is 0 Å². The number of ether oxygens (including phenoxy) is 5. The summed E-state index contributed by atoms with van der Waals surface area (Å²) in [7, 11) is -3.99. The monoisotopic (exact) mass is 603 g/mol. The summed E-state index contributed by atoms with van der Waals surface area (Å²) in [6.45, 7) is 6.30. The Morgan fingerprint density at radius 3 is 1.90 bits per heavy atom. The first kappa shape index (κ1) is 32.1. The van der Waals surface area contributed by atoms with Crippen molar-refractivity contribution >= 4 is 26.8 Å². The van der Waals surface area contributed by atoms with E-state index in [-0.39, 0.29) is 43.5 Å². The van der Waals surface area contributed by atoms with E-state index in [1.54, 1.807) is 29.2 Å². The molecule has 1 amide bonds. The molecule has 1 atom stereocenters. The van der Waals surface area contributed by atoms with E-state index >= 15 is 0 Å². The molecule has 0 aliphatic carbocycles. The standard InChI is InChI=1S/C30H41N3O8S/c1-24-6-8-26(9-7-24)42(35,36)32-29(22-25-23-31-28-5-3-2-4-27(25)28)30(34)33-10-12-37-14-16-39-18-20-41-21-19-40-17-15-38-13-11-33/h2-9,23,29,31-32H,10-22H2,1H3/t29-/m1/s1. The fourth-order valence-corrected chi connectivity index (χ4v) is 5.75. The van der Waals surface area contributed by atoms with Gasteiger partial charge in [0.2, 0.25) is 15.9 Å². The first-order valence-electron chi connectivity index (χ1n) is 14.3. The van der Waals surface area contributed by atoms with Gasteiger partial charge in [-0.3, -0.25) is 4.79 Å². The minimum Gasteiger partial charge on any atom is -0.377 e. The number of hydrogen-bond donors (Lipinski definition) is 2. The minimum absolute atomic E-state index is 0.0987. The van der Waals surface area contributed by atoms with E-state index in [1.807, 2.05) is 37.4 Å². The van der Waals surface area contributed by atoms with Crippen molar-refractivity contribution in [3.8, 4) is 0 Å². The van der Waals surface area contributed by atoms with Crippen LogP contribution in [0, 0.1) is 6.92 Å². The second kappa shape index (κ2) is 16.7. The molecule has 1 aliphatic heterocycles. The van der Waals surface area contributed by atoms with Crippen LogP contribution in [0.25, 0.3) is 10.9 Å². The number of aromatic nitrogens is 1. The molecule has 2 heterocycles. The highest BCUT2D eigenvalue weighted by Gasteiger charge is 2.30. The van der Waals surface area contributed by atoms with Crippen molar-refractivity contribution in [1.82, 2.24) is 14.6 Å². The van der Waals surface area contributed by atoms with Crippen LogP contribution < -0.4 is 4.72 Å². The van der Waals surface area contributed by atoms with Crippen molar-refractivity contribution in [2.75, 3.05) is 79.2 Å². The number of aromatic amines is 1. The summed E-state index contributed by atoms with van der Waals surface area (Å²) in [4.78, 5) is 19.0. The van der Waals surface area contributed by atoms with Crippen LogP contribution in [0.1, 0.15) is 11.1 Å². The predicted molar refractivity (Wildman–Crippen MR) is 158 cm³/mol. The molecule has 12 heteroatoms. The molecular formula is C30H41N3O8S. The lowest BCUT2D eigenvalue weighted by Gasteiger charge is -2.28. The third-order valence-corrected chi connectivity index (χ3v) is 8.32. The Morgan fingerprint density at radius 1 is 0.810 bits per heavy atom. The number of nitrogens with one attached hydrogen (secondary N) is 2. The van der Waals surface area contributed by atoms with Crippen LogP contribution in [0.15, 0.2) is 59.6 Å². The van der Waals surface area contributed by atoms with Gasteiger partial charge in [0.25, 0.3) is 0 Å². The molecule has 0 bridgehead atoms. The molecule has 1 fully saturated rings. The lowest BCUT2D eigenvalue weighted by atomic mass is 10.0. The maximum atomic E-state index is 14.1. The summed E-state index contributed by atoms with van der Waals surface area (Å²) in [5, 5.41) is 0.932. The highest BCUT2D eigenvalue weighted by atomic mass is 32.2. The Morgan fingerprint density at radius 2 is 1.33 bits per heavy atom. The SMILES string of the molecule is Cc1ccc(S(=O)(=O)N[C@H](Cc2c[nH]c3ccccc23)C(=O)N2CCOCCOCCOCCOCCOCC2)cc1. The first-order valence-corrected chi connectivity index (χ1v) is 15.7. The third-order valence-electron chi connectivity index (χ3n) is 6.84. The molecule has 230 valence electrons. The molecule has 3 aromatic rings. The van der Waals surface area contributed by atoms with E-state index in [0.717, 1.165) is 22.0 Å². The summed E-state index contributed by atoms with van der Waals surface area (Å²) < 4.78 is 57.5. The van der Waals surface area contributed by atoms with Crippen LogP contribution in [-0.2, 0) is 44.9 Å². The van der Waals surface area contributed by atoms with Crippen molar-refractivity contribution in [3.05, 3.63) is 65.9 Å². The fraction of sp³-hybridized carbons (Fsp3) is 0.500. The summed E-state index contributed by atoms with van der Waals surface area (Å²) in [5.74, 6) is -0.359. The summed E-state index contributed by atoms with van der Waals surface area (Å²) in [6, 6.07) is 13.2. The maximum absolute atomic E-state index is 14.1. The summed E-state index contributed by atoms with van der Waals surface area (Å²) >= 11 is 0. The van der Waals surface area contributed by atoms with Gasteiger partial charge in [-0.15, -0.1) is 0 Å². The highest BCUT2D eigenvalue weighted by Crippen LogP contribution is 2.21. The van der Waals surface area contributed by atoms with Gasteiger partial charge in [-0.2, -0.15) is 4.72 Å². The van der Waals surface area contributed by atoms with Crippen LogP contribution in [0.3, 0.4) is 0 Å². The Labute approximate surface area is 247 Å². The van der Waals surface area contributed by atoms with E-state index in [4.69, 9.17) is 23.7 Å². The van der Waals surface area contributed by atoms with Gasteiger partial charge in [-0.1, -0.05) is 35.9 Å². The molecule has 1 aromatic heterocycles. The molecule has 0 saturated carbocycles. The van der Waals surface area contributed by atoms with Gasteiger partial charge in [0, 0.05) is 30.2 Å². The predicted octanol–water partition coefficient (Wildman–Crippen LogP) is 2.29. The average molecular weight is 604 g/mol. The molecular weight excluding hydrogens is 562 g/mol. The summed E-state index contributed by atoms with van der Waals surface area (Å²) in [6.07, 6.45) is 1.98. The number of para-hydroxylation sites is 1. The Balaban J connectivity index is 1.52. The number of sulfonamides is 1. The van der Waals surface area contributed by atoms with Gasteiger partial charge in [0.1, 0.15) is 6.04 Å². The smallest absolute Gasteiger partial charge is 0.241 e. The Hall–Kier alpha value is -2.84. The number of benzene rings is 2. The van der Waals surface area contributed by atoms with E-state index < -0.39 is 16.1 Å². The highest BCUT2D eigenvalue weighted by molar-refractivity contribution is 7.89. The molecule has 2 N–H and O–H groups in total. The normalized spacial score (nSPS) is 18.3. The summed E-state index contributed by atoms with van der Waals surface area (Å²) in [5.41, 5.74) is 2.69. The van der Waals surface area contributed by atoms with Gasteiger partial charge in [0.15, 0.2) is 0 Å². The number of fused-ring (bicyclic) bond motifs is 1.